The second kappa shape index (κ2) is 5.48. The number of alkyl halides is 3. The number of hydrogen-bond donors (Lipinski definition) is 1. The molecule has 4 nitrogen and oxygen atoms in total. The van der Waals surface area contributed by atoms with Crippen LogP contribution in [0.25, 0.3) is 0 Å². The van der Waals surface area contributed by atoms with Gasteiger partial charge in [-0.15, -0.1) is 0 Å². The van der Waals surface area contributed by atoms with E-state index in [-0.39, 0.29) is 23.2 Å². The smallest absolute Gasteiger partial charge is 0.385 e. The maximum Gasteiger partial charge on any atom is 0.416 e. The van der Waals surface area contributed by atoms with Gasteiger partial charge in [-0.1, -0.05) is 6.07 Å². The number of aliphatic hydroxyl groups is 1. The van der Waals surface area contributed by atoms with Gasteiger partial charge in [-0.3, -0.25) is 4.90 Å². The summed E-state index contributed by atoms with van der Waals surface area (Å²) in [6.45, 7) is 0.940. The van der Waals surface area contributed by atoms with E-state index in [1.165, 1.54) is 6.07 Å². The van der Waals surface area contributed by atoms with E-state index < -0.39 is 17.3 Å². The normalized spacial score (nSPS) is 31.7. The van der Waals surface area contributed by atoms with E-state index in [0.29, 0.717) is 26.1 Å². The van der Waals surface area contributed by atoms with Gasteiger partial charge in [0.2, 0.25) is 0 Å². The molecule has 2 aliphatic heterocycles. The first-order chi connectivity index (χ1) is 10.7. The highest BCUT2D eigenvalue weighted by Crippen LogP contribution is 2.42. The number of halogens is 3. The fourth-order valence-corrected chi connectivity index (χ4v) is 3.58. The van der Waals surface area contributed by atoms with E-state index in [1.807, 2.05) is 7.05 Å². The second-order valence-corrected chi connectivity index (χ2v) is 6.32. The summed E-state index contributed by atoms with van der Waals surface area (Å²) in [7, 11) is 1.95. The van der Waals surface area contributed by atoms with Crippen LogP contribution < -0.4 is 0 Å². The van der Waals surface area contributed by atoms with Gasteiger partial charge in [0, 0.05) is 17.6 Å². The first-order valence-corrected chi connectivity index (χ1v) is 7.38. The van der Waals surface area contributed by atoms with Crippen molar-refractivity contribution < 1.29 is 23.0 Å². The number of morpholine rings is 1. The van der Waals surface area contributed by atoms with E-state index in [0.717, 1.165) is 12.1 Å². The van der Waals surface area contributed by atoms with Gasteiger partial charge in [-0.05, 0) is 32.0 Å². The Morgan fingerprint density at radius 1 is 1.30 bits per heavy atom. The standard InChI is InChI=1S/C16H17F3N2O2/c1-21-12-5-15(22,6-13(21)9-23-8-12)14-3-2-11(16(17,18)19)4-10(14)7-20/h2-4,12-13,22H,5-6,8-9H2,1H3. The molecule has 2 saturated heterocycles. The molecule has 3 rings (SSSR count). The van der Waals surface area contributed by atoms with Crippen LogP contribution in [0.2, 0.25) is 0 Å². The summed E-state index contributed by atoms with van der Waals surface area (Å²) in [5.41, 5.74) is -2.03. The molecular formula is C16H17F3N2O2. The van der Waals surface area contributed by atoms with Gasteiger partial charge < -0.3 is 9.84 Å². The molecule has 2 aliphatic rings. The molecule has 2 bridgehead atoms. The summed E-state index contributed by atoms with van der Waals surface area (Å²) in [5.74, 6) is 0. The Balaban J connectivity index is 1.99. The first kappa shape index (κ1) is 16.2. The van der Waals surface area contributed by atoms with Crippen LogP contribution in [0.3, 0.4) is 0 Å². The van der Waals surface area contributed by atoms with Crippen LogP contribution in [-0.2, 0) is 16.5 Å². The molecule has 2 heterocycles. The lowest BCUT2D eigenvalue weighted by molar-refractivity contribution is -0.139. The zero-order valence-corrected chi connectivity index (χ0v) is 12.6. The van der Waals surface area contributed by atoms with Gasteiger partial charge in [-0.25, -0.2) is 0 Å². The third-order valence-electron chi connectivity index (χ3n) is 4.89. The molecule has 0 amide bonds. The van der Waals surface area contributed by atoms with Crippen LogP contribution in [0.5, 0.6) is 0 Å². The number of hydrogen-bond acceptors (Lipinski definition) is 4. The summed E-state index contributed by atoms with van der Waals surface area (Å²) in [5, 5.41) is 20.3. The van der Waals surface area contributed by atoms with Crippen molar-refractivity contribution in [2.24, 2.45) is 0 Å². The van der Waals surface area contributed by atoms with Crippen LogP contribution in [0.4, 0.5) is 13.2 Å². The average Bonchev–Trinajstić information content (AvgIpc) is 2.47. The average molecular weight is 326 g/mol. The SMILES string of the molecule is CN1C2COCC1CC(O)(c1ccc(C(F)(F)F)cc1C#N)C2. The summed E-state index contributed by atoms with van der Waals surface area (Å²) in [6, 6.07) is 4.76. The third kappa shape index (κ3) is 2.82. The molecule has 7 heteroatoms. The van der Waals surface area contributed by atoms with Gasteiger partial charge in [0.05, 0.1) is 36.0 Å². The van der Waals surface area contributed by atoms with Crippen molar-refractivity contribution >= 4 is 0 Å². The predicted molar refractivity (Wildman–Crippen MR) is 75.4 cm³/mol. The van der Waals surface area contributed by atoms with E-state index in [9.17, 15) is 23.5 Å². The van der Waals surface area contributed by atoms with Crippen molar-refractivity contribution in [1.82, 2.24) is 4.90 Å². The van der Waals surface area contributed by atoms with Gasteiger partial charge in [0.25, 0.3) is 0 Å². The Morgan fingerprint density at radius 2 is 1.91 bits per heavy atom. The Kier molecular flexibility index (Phi) is 3.87. The summed E-state index contributed by atoms with van der Waals surface area (Å²) in [4.78, 5) is 2.13. The van der Waals surface area contributed by atoms with Crippen molar-refractivity contribution in [3.8, 4) is 6.07 Å². The minimum Gasteiger partial charge on any atom is -0.385 e. The van der Waals surface area contributed by atoms with Crippen molar-refractivity contribution in [2.75, 3.05) is 20.3 Å². The minimum absolute atomic E-state index is 0.0127. The number of ether oxygens (including phenoxy) is 1. The molecule has 2 fully saturated rings. The maximum absolute atomic E-state index is 12.8. The fourth-order valence-electron chi connectivity index (χ4n) is 3.58. The third-order valence-corrected chi connectivity index (χ3v) is 4.89. The summed E-state index contributed by atoms with van der Waals surface area (Å²) >= 11 is 0. The maximum atomic E-state index is 12.8. The van der Waals surface area contributed by atoms with Crippen LogP contribution in [0, 0.1) is 11.3 Å². The Hall–Kier alpha value is -1.62. The number of fused-ring (bicyclic) bond motifs is 2. The Labute approximate surface area is 132 Å². The molecule has 0 spiro atoms. The molecule has 2 atom stereocenters. The zero-order valence-electron chi connectivity index (χ0n) is 12.6. The van der Waals surface area contributed by atoms with Gasteiger partial charge >= 0.3 is 6.18 Å². The van der Waals surface area contributed by atoms with Crippen LogP contribution >= 0.6 is 0 Å². The summed E-state index contributed by atoms with van der Waals surface area (Å²) in [6.07, 6.45) is -3.84. The van der Waals surface area contributed by atoms with Gasteiger partial charge in [0.1, 0.15) is 0 Å². The Bertz CT molecular complexity index is 640. The van der Waals surface area contributed by atoms with Crippen LogP contribution in [0.1, 0.15) is 29.5 Å². The van der Waals surface area contributed by atoms with Crippen molar-refractivity contribution in [3.05, 3.63) is 34.9 Å². The molecule has 1 N–H and O–H groups in total. The second-order valence-electron chi connectivity index (χ2n) is 6.32. The Morgan fingerprint density at radius 3 is 2.43 bits per heavy atom. The fraction of sp³-hybridized carbons (Fsp3) is 0.562. The molecule has 2 unspecified atom stereocenters. The number of rotatable bonds is 1. The molecule has 0 saturated carbocycles. The number of likely N-dealkylation sites (N-methyl/N-ethyl adjacent to an activating group) is 1. The molecule has 0 aromatic heterocycles. The highest BCUT2D eigenvalue weighted by atomic mass is 19.4. The van der Waals surface area contributed by atoms with E-state index >= 15 is 0 Å². The highest BCUT2D eigenvalue weighted by molar-refractivity contribution is 5.45. The molecule has 0 radical (unpaired) electrons. The van der Waals surface area contributed by atoms with E-state index in [4.69, 9.17) is 4.74 Å². The molecule has 1 aromatic carbocycles. The summed E-state index contributed by atoms with van der Waals surface area (Å²) < 4.78 is 43.9. The topological polar surface area (TPSA) is 56.5 Å². The largest absolute Gasteiger partial charge is 0.416 e. The zero-order chi connectivity index (χ0) is 16.8. The lowest BCUT2D eigenvalue weighted by atomic mass is 9.75. The van der Waals surface area contributed by atoms with Crippen molar-refractivity contribution in [1.29, 1.82) is 5.26 Å². The monoisotopic (exact) mass is 326 g/mol. The van der Waals surface area contributed by atoms with Crippen LogP contribution in [-0.4, -0.2) is 42.4 Å². The quantitative estimate of drug-likeness (QED) is 0.860. The number of nitriles is 1. The van der Waals surface area contributed by atoms with E-state index in [2.05, 4.69) is 4.90 Å². The molecule has 0 aliphatic carbocycles. The number of benzene rings is 1. The van der Waals surface area contributed by atoms with Gasteiger partial charge in [-0.2, -0.15) is 18.4 Å². The lowest BCUT2D eigenvalue weighted by Crippen LogP contribution is -2.59. The number of piperidine rings is 1. The van der Waals surface area contributed by atoms with Crippen molar-refractivity contribution in [2.45, 2.75) is 36.7 Å². The molecule has 124 valence electrons. The molecule has 23 heavy (non-hydrogen) atoms. The number of nitrogens with zero attached hydrogens (tertiary/aromatic N) is 2. The van der Waals surface area contributed by atoms with Crippen LogP contribution in [0.15, 0.2) is 18.2 Å². The van der Waals surface area contributed by atoms with Gasteiger partial charge in [0.15, 0.2) is 0 Å². The van der Waals surface area contributed by atoms with Crippen molar-refractivity contribution in [3.63, 3.8) is 0 Å². The minimum atomic E-state index is -4.51. The first-order valence-electron chi connectivity index (χ1n) is 7.38. The molecular weight excluding hydrogens is 309 g/mol. The predicted octanol–water partition coefficient (Wildman–Crippen LogP) is 2.26. The molecule has 1 aromatic rings. The highest BCUT2D eigenvalue weighted by Gasteiger charge is 2.46. The lowest BCUT2D eigenvalue weighted by Gasteiger charge is -2.50. The van der Waals surface area contributed by atoms with E-state index in [1.54, 1.807) is 6.07 Å².